The van der Waals surface area contributed by atoms with Crippen molar-refractivity contribution in [3.8, 4) is 0 Å². The molecule has 6 nitrogen and oxygen atoms in total. The van der Waals surface area contributed by atoms with Gasteiger partial charge in [0.15, 0.2) is 0 Å². The second-order valence-corrected chi connectivity index (χ2v) is 7.27. The minimum Gasteiger partial charge on any atom is -0.472 e. The van der Waals surface area contributed by atoms with Crippen molar-refractivity contribution in [1.82, 2.24) is 24.3 Å². The number of furan rings is 1. The van der Waals surface area contributed by atoms with E-state index in [1.54, 1.807) is 6.26 Å². The minimum absolute atomic E-state index is 0.635. The van der Waals surface area contributed by atoms with Crippen LogP contribution in [0.2, 0.25) is 0 Å². The predicted octanol–water partition coefficient (Wildman–Crippen LogP) is 1.36. The molecule has 4 heterocycles. The van der Waals surface area contributed by atoms with Crippen molar-refractivity contribution < 1.29 is 4.42 Å². The fraction of sp³-hybridized carbons (Fsp3) is 0.611. The lowest BCUT2D eigenvalue weighted by atomic mass is 10.1. The summed E-state index contributed by atoms with van der Waals surface area (Å²) in [5.41, 5.74) is 1.24. The van der Waals surface area contributed by atoms with Gasteiger partial charge in [-0.1, -0.05) is 0 Å². The van der Waals surface area contributed by atoms with E-state index in [0.717, 1.165) is 26.2 Å². The molecule has 0 aromatic carbocycles. The summed E-state index contributed by atoms with van der Waals surface area (Å²) in [7, 11) is 2.22. The average molecular weight is 329 g/mol. The quantitative estimate of drug-likeness (QED) is 0.847. The van der Waals surface area contributed by atoms with Gasteiger partial charge < -0.3 is 18.8 Å². The number of hydrogen-bond donors (Lipinski definition) is 0. The Kier molecular flexibility index (Phi) is 4.69. The zero-order valence-electron chi connectivity index (χ0n) is 14.5. The van der Waals surface area contributed by atoms with Crippen LogP contribution in [0.3, 0.4) is 0 Å². The Labute approximate surface area is 143 Å². The van der Waals surface area contributed by atoms with E-state index in [4.69, 9.17) is 4.42 Å². The molecule has 2 aromatic heterocycles. The van der Waals surface area contributed by atoms with Gasteiger partial charge in [0, 0.05) is 76.2 Å². The number of piperazine rings is 1. The molecule has 0 amide bonds. The lowest BCUT2D eigenvalue weighted by Gasteiger charge is -2.35. The van der Waals surface area contributed by atoms with Gasteiger partial charge >= 0.3 is 0 Å². The molecule has 0 N–H and O–H groups in total. The van der Waals surface area contributed by atoms with Gasteiger partial charge in [0.05, 0.1) is 19.1 Å². The largest absolute Gasteiger partial charge is 0.472 e. The molecule has 1 saturated heterocycles. The first-order valence-electron chi connectivity index (χ1n) is 8.90. The third kappa shape index (κ3) is 3.71. The van der Waals surface area contributed by atoms with Crippen molar-refractivity contribution in [2.24, 2.45) is 5.92 Å². The van der Waals surface area contributed by atoms with Crippen LogP contribution < -0.4 is 0 Å². The Morgan fingerprint density at radius 3 is 2.83 bits per heavy atom. The maximum atomic E-state index is 5.24. The zero-order chi connectivity index (χ0) is 16.4. The highest BCUT2D eigenvalue weighted by atomic mass is 16.3. The van der Waals surface area contributed by atoms with Crippen LogP contribution in [0, 0.1) is 5.92 Å². The molecule has 0 aliphatic carbocycles. The molecule has 6 heteroatoms. The standard InChI is InChI=1S/C18H27N5O/c1-20-5-7-21(8-6-20)11-17-12-22(10-16-2-9-24-15-16)14-18-19-3-4-23(18)13-17/h2-4,9,15,17H,5-8,10-14H2,1H3/t17-/m0/s1. The van der Waals surface area contributed by atoms with Gasteiger partial charge in [-0.15, -0.1) is 0 Å². The van der Waals surface area contributed by atoms with Gasteiger partial charge in [-0.2, -0.15) is 0 Å². The predicted molar refractivity (Wildman–Crippen MR) is 92.5 cm³/mol. The molecule has 130 valence electrons. The zero-order valence-corrected chi connectivity index (χ0v) is 14.5. The third-order valence-corrected chi connectivity index (χ3v) is 5.24. The van der Waals surface area contributed by atoms with Gasteiger partial charge in [-0.3, -0.25) is 4.90 Å². The number of nitrogens with zero attached hydrogens (tertiary/aromatic N) is 5. The molecule has 2 aliphatic rings. The molecule has 0 bridgehead atoms. The van der Waals surface area contributed by atoms with Crippen LogP contribution in [0.15, 0.2) is 35.4 Å². The van der Waals surface area contributed by atoms with E-state index in [9.17, 15) is 0 Å². The van der Waals surface area contributed by atoms with Crippen molar-refractivity contribution in [2.45, 2.75) is 19.6 Å². The SMILES string of the molecule is CN1CCN(C[C@H]2CN(Cc3ccoc3)Cc3nccn3C2)CC1. The number of hydrogen-bond acceptors (Lipinski definition) is 5. The fourth-order valence-electron chi connectivity index (χ4n) is 3.90. The van der Waals surface area contributed by atoms with Crippen LogP contribution in [0.25, 0.3) is 0 Å². The normalized spacial score (nSPS) is 24.0. The van der Waals surface area contributed by atoms with Crippen molar-refractivity contribution in [1.29, 1.82) is 0 Å². The van der Waals surface area contributed by atoms with Crippen LogP contribution in [0.5, 0.6) is 0 Å². The molecular formula is C18H27N5O. The first-order valence-corrected chi connectivity index (χ1v) is 8.90. The summed E-state index contributed by atoms with van der Waals surface area (Å²) >= 11 is 0. The van der Waals surface area contributed by atoms with Gasteiger partial charge in [-0.25, -0.2) is 4.98 Å². The van der Waals surface area contributed by atoms with Crippen molar-refractivity contribution in [3.05, 3.63) is 42.4 Å². The fourth-order valence-corrected chi connectivity index (χ4v) is 3.90. The van der Waals surface area contributed by atoms with Crippen LogP contribution in [0.4, 0.5) is 0 Å². The molecule has 1 fully saturated rings. The van der Waals surface area contributed by atoms with Crippen LogP contribution >= 0.6 is 0 Å². The smallest absolute Gasteiger partial charge is 0.122 e. The summed E-state index contributed by atoms with van der Waals surface area (Å²) in [4.78, 5) is 12.1. The molecule has 0 radical (unpaired) electrons. The van der Waals surface area contributed by atoms with Crippen LogP contribution in [-0.2, 0) is 19.6 Å². The monoisotopic (exact) mass is 329 g/mol. The summed E-state index contributed by atoms with van der Waals surface area (Å²) in [6.45, 7) is 9.94. The highest BCUT2D eigenvalue weighted by molar-refractivity contribution is 5.06. The summed E-state index contributed by atoms with van der Waals surface area (Å²) in [5, 5.41) is 0. The molecule has 0 saturated carbocycles. The Balaban J connectivity index is 1.45. The van der Waals surface area contributed by atoms with E-state index in [1.165, 1.54) is 44.1 Å². The van der Waals surface area contributed by atoms with Gasteiger partial charge in [0.25, 0.3) is 0 Å². The highest BCUT2D eigenvalue weighted by Crippen LogP contribution is 2.19. The molecule has 0 unspecified atom stereocenters. The van der Waals surface area contributed by atoms with Crippen LogP contribution in [0.1, 0.15) is 11.4 Å². The molecule has 24 heavy (non-hydrogen) atoms. The Morgan fingerprint density at radius 2 is 2.04 bits per heavy atom. The van der Waals surface area contributed by atoms with E-state index < -0.39 is 0 Å². The van der Waals surface area contributed by atoms with Gasteiger partial charge in [0.1, 0.15) is 5.82 Å². The first-order chi connectivity index (χ1) is 11.8. The second-order valence-electron chi connectivity index (χ2n) is 7.27. The van der Waals surface area contributed by atoms with E-state index in [0.29, 0.717) is 5.92 Å². The third-order valence-electron chi connectivity index (χ3n) is 5.24. The molecule has 4 rings (SSSR count). The van der Waals surface area contributed by atoms with Gasteiger partial charge in [0.2, 0.25) is 0 Å². The Hall–Kier alpha value is -1.63. The van der Waals surface area contributed by atoms with E-state index in [1.807, 2.05) is 12.5 Å². The Morgan fingerprint density at radius 1 is 1.17 bits per heavy atom. The van der Waals surface area contributed by atoms with E-state index in [-0.39, 0.29) is 0 Å². The van der Waals surface area contributed by atoms with Crippen molar-refractivity contribution in [3.63, 3.8) is 0 Å². The second kappa shape index (κ2) is 7.09. The van der Waals surface area contributed by atoms with Crippen molar-refractivity contribution >= 4 is 0 Å². The first kappa shape index (κ1) is 15.9. The maximum absolute atomic E-state index is 5.24. The molecule has 2 aromatic rings. The van der Waals surface area contributed by atoms with E-state index in [2.05, 4.69) is 43.6 Å². The number of imidazole rings is 1. The summed E-state index contributed by atoms with van der Waals surface area (Å²) < 4.78 is 7.58. The number of likely N-dealkylation sites (N-methyl/N-ethyl adjacent to an activating group) is 1. The minimum atomic E-state index is 0.635. The lowest BCUT2D eigenvalue weighted by Crippen LogP contribution is -2.47. The van der Waals surface area contributed by atoms with E-state index >= 15 is 0 Å². The summed E-state index contributed by atoms with van der Waals surface area (Å²) in [6, 6.07) is 2.06. The molecule has 1 atom stereocenters. The summed E-state index contributed by atoms with van der Waals surface area (Å²) in [5.74, 6) is 1.81. The van der Waals surface area contributed by atoms with Crippen molar-refractivity contribution in [2.75, 3.05) is 46.3 Å². The highest BCUT2D eigenvalue weighted by Gasteiger charge is 2.25. The van der Waals surface area contributed by atoms with Gasteiger partial charge in [-0.05, 0) is 13.1 Å². The maximum Gasteiger partial charge on any atom is 0.122 e. The molecular weight excluding hydrogens is 302 g/mol. The number of fused-ring (bicyclic) bond motifs is 1. The summed E-state index contributed by atoms with van der Waals surface area (Å²) in [6.07, 6.45) is 7.68. The average Bonchev–Trinajstić information content (AvgIpc) is 3.19. The Bertz CT molecular complexity index is 630. The lowest BCUT2D eigenvalue weighted by molar-refractivity contribution is 0.116. The molecule has 2 aliphatic heterocycles. The van der Waals surface area contributed by atoms with Crippen LogP contribution in [-0.4, -0.2) is 70.6 Å². The number of aromatic nitrogens is 2. The molecule has 0 spiro atoms. The number of rotatable bonds is 4. The topological polar surface area (TPSA) is 40.7 Å².